The fraction of sp³-hybridized carbons (Fsp3) is 0.0714. The number of rotatable bonds is 1. The van der Waals surface area contributed by atoms with E-state index in [9.17, 15) is 9.00 Å². The predicted octanol–water partition coefficient (Wildman–Crippen LogP) is 3.44. The molecular weight excluding hydrogens is 326 g/mol. The molecule has 1 heterocycles. The number of aryl methyl sites for hydroxylation is 1. The summed E-state index contributed by atoms with van der Waals surface area (Å²) in [5.41, 5.74) is 2.21. The quantitative estimate of drug-likeness (QED) is 0.800. The van der Waals surface area contributed by atoms with E-state index in [0.29, 0.717) is 16.1 Å². The van der Waals surface area contributed by atoms with E-state index in [0.717, 1.165) is 10.0 Å². The standard InChI is InChI=1S/C14H10BrNO2S/c1-9-6-7-12(11(15)8-9)16-14(17)10-4-2-3-5-13(10)19(16)18/h2-8H,1H3. The highest BCUT2D eigenvalue weighted by Crippen LogP contribution is 2.36. The summed E-state index contributed by atoms with van der Waals surface area (Å²) < 4.78 is 14.5. The molecule has 0 fully saturated rings. The van der Waals surface area contributed by atoms with Gasteiger partial charge in [0.2, 0.25) is 0 Å². The Morgan fingerprint density at radius 2 is 1.89 bits per heavy atom. The van der Waals surface area contributed by atoms with Gasteiger partial charge < -0.3 is 0 Å². The van der Waals surface area contributed by atoms with Crippen molar-refractivity contribution in [2.75, 3.05) is 4.31 Å². The van der Waals surface area contributed by atoms with Crippen LogP contribution in [0.5, 0.6) is 0 Å². The Hall–Kier alpha value is -1.46. The summed E-state index contributed by atoms with van der Waals surface area (Å²) >= 11 is 3.43. The number of hydrogen-bond acceptors (Lipinski definition) is 2. The molecule has 2 aromatic carbocycles. The lowest BCUT2D eigenvalue weighted by Gasteiger charge is -2.16. The molecule has 0 aromatic heterocycles. The third-order valence-electron chi connectivity index (χ3n) is 2.98. The van der Waals surface area contributed by atoms with E-state index in [1.807, 2.05) is 19.1 Å². The first kappa shape index (κ1) is 12.6. The molecule has 1 unspecified atom stereocenters. The Labute approximate surface area is 122 Å². The van der Waals surface area contributed by atoms with Gasteiger partial charge in [0.15, 0.2) is 11.0 Å². The summed E-state index contributed by atoms with van der Waals surface area (Å²) in [5, 5.41) is 0. The number of hydrogen-bond donors (Lipinski definition) is 0. The van der Waals surface area contributed by atoms with Gasteiger partial charge in [0, 0.05) is 4.47 Å². The highest BCUT2D eigenvalue weighted by atomic mass is 79.9. The Bertz CT molecular complexity index is 679. The number of benzene rings is 2. The number of fused-ring (bicyclic) bond motifs is 1. The molecule has 19 heavy (non-hydrogen) atoms. The Kier molecular flexibility index (Phi) is 3.03. The third-order valence-corrected chi connectivity index (χ3v) is 5.04. The Balaban J connectivity index is 2.14. The molecule has 0 radical (unpaired) electrons. The van der Waals surface area contributed by atoms with Crippen LogP contribution < -0.4 is 4.31 Å². The molecule has 0 saturated heterocycles. The third kappa shape index (κ3) is 1.93. The smallest absolute Gasteiger partial charge is 0.268 e. The molecule has 1 amide bonds. The van der Waals surface area contributed by atoms with Crippen molar-refractivity contribution in [3.05, 3.63) is 58.1 Å². The SMILES string of the molecule is Cc1ccc(N2C(=O)c3ccccc3S2=O)c(Br)c1. The molecular formula is C14H10BrNO2S. The van der Waals surface area contributed by atoms with Gasteiger partial charge in [-0.15, -0.1) is 0 Å². The molecule has 5 heteroatoms. The van der Waals surface area contributed by atoms with Gasteiger partial charge in [-0.25, -0.2) is 8.51 Å². The second-order valence-corrected chi connectivity index (χ2v) is 6.46. The topological polar surface area (TPSA) is 37.4 Å². The van der Waals surface area contributed by atoms with Crippen LogP contribution in [0.2, 0.25) is 0 Å². The van der Waals surface area contributed by atoms with E-state index in [1.165, 1.54) is 4.31 Å². The van der Waals surface area contributed by atoms with Crippen LogP contribution in [-0.2, 0) is 11.0 Å². The van der Waals surface area contributed by atoms with Crippen LogP contribution in [0.25, 0.3) is 0 Å². The summed E-state index contributed by atoms with van der Waals surface area (Å²) in [6.07, 6.45) is 0. The lowest BCUT2D eigenvalue weighted by Crippen LogP contribution is -2.25. The Morgan fingerprint density at radius 1 is 1.16 bits per heavy atom. The van der Waals surface area contributed by atoms with Gasteiger partial charge in [-0.1, -0.05) is 18.2 Å². The fourth-order valence-electron chi connectivity index (χ4n) is 2.05. The fourth-order valence-corrected chi connectivity index (χ4v) is 4.16. The summed E-state index contributed by atoms with van der Waals surface area (Å²) in [4.78, 5) is 12.9. The molecule has 0 saturated carbocycles. The van der Waals surface area contributed by atoms with Gasteiger partial charge in [-0.05, 0) is 52.7 Å². The van der Waals surface area contributed by atoms with Crippen molar-refractivity contribution < 1.29 is 9.00 Å². The second kappa shape index (κ2) is 4.58. The number of nitrogens with zero attached hydrogens (tertiary/aromatic N) is 1. The number of amides is 1. The molecule has 2 aromatic rings. The first-order valence-corrected chi connectivity index (χ1v) is 7.61. The van der Waals surface area contributed by atoms with Gasteiger partial charge in [-0.2, -0.15) is 0 Å². The van der Waals surface area contributed by atoms with E-state index in [1.54, 1.807) is 30.3 Å². The number of anilines is 1. The van der Waals surface area contributed by atoms with Crippen LogP contribution in [0.4, 0.5) is 5.69 Å². The van der Waals surface area contributed by atoms with Crippen LogP contribution in [0.1, 0.15) is 15.9 Å². The van der Waals surface area contributed by atoms with Gasteiger partial charge in [0.25, 0.3) is 5.91 Å². The number of carbonyl (C=O) groups excluding carboxylic acids is 1. The van der Waals surface area contributed by atoms with Crippen LogP contribution in [-0.4, -0.2) is 10.1 Å². The van der Waals surface area contributed by atoms with Gasteiger partial charge >= 0.3 is 0 Å². The molecule has 0 spiro atoms. The molecule has 0 aliphatic carbocycles. The summed E-state index contributed by atoms with van der Waals surface area (Å²) in [7, 11) is -1.48. The van der Waals surface area contributed by atoms with Crippen molar-refractivity contribution in [3.63, 3.8) is 0 Å². The molecule has 0 N–H and O–H groups in total. The first-order chi connectivity index (χ1) is 9.09. The van der Waals surface area contributed by atoms with Crippen molar-refractivity contribution >= 4 is 38.5 Å². The average molecular weight is 336 g/mol. The van der Waals surface area contributed by atoms with E-state index in [2.05, 4.69) is 15.9 Å². The zero-order chi connectivity index (χ0) is 13.6. The molecule has 0 bridgehead atoms. The average Bonchev–Trinajstić information content (AvgIpc) is 2.64. The minimum atomic E-state index is -1.48. The number of halogens is 1. The maximum atomic E-state index is 12.4. The van der Waals surface area contributed by atoms with Crippen molar-refractivity contribution in [2.24, 2.45) is 0 Å². The molecule has 3 nitrogen and oxygen atoms in total. The highest BCUT2D eigenvalue weighted by Gasteiger charge is 2.36. The lowest BCUT2D eigenvalue weighted by molar-refractivity contribution is 0.101. The van der Waals surface area contributed by atoms with Crippen LogP contribution >= 0.6 is 15.9 Å². The van der Waals surface area contributed by atoms with Crippen molar-refractivity contribution in [1.82, 2.24) is 0 Å². The maximum Gasteiger partial charge on any atom is 0.271 e. The highest BCUT2D eigenvalue weighted by molar-refractivity contribution is 9.10. The molecule has 1 atom stereocenters. The molecule has 96 valence electrons. The summed E-state index contributed by atoms with van der Waals surface area (Å²) in [6.45, 7) is 1.96. The summed E-state index contributed by atoms with van der Waals surface area (Å²) in [5.74, 6) is -0.224. The molecule has 1 aliphatic rings. The van der Waals surface area contributed by atoms with Gasteiger partial charge in [0.1, 0.15) is 0 Å². The van der Waals surface area contributed by atoms with Crippen molar-refractivity contribution in [1.29, 1.82) is 0 Å². The van der Waals surface area contributed by atoms with Crippen molar-refractivity contribution in [3.8, 4) is 0 Å². The minimum Gasteiger partial charge on any atom is -0.268 e. The number of carbonyl (C=O) groups is 1. The second-order valence-electron chi connectivity index (χ2n) is 4.30. The monoisotopic (exact) mass is 335 g/mol. The van der Waals surface area contributed by atoms with Gasteiger partial charge in [-0.3, -0.25) is 4.79 Å². The lowest BCUT2D eigenvalue weighted by atomic mass is 10.2. The van der Waals surface area contributed by atoms with E-state index in [-0.39, 0.29) is 5.91 Å². The Morgan fingerprint density at radius 3 is 2.58 bits per heavy atom. The van der Waals surface area contributed by atoms with E-state index in [4.69, 9.17) is 0 Å². The maximum absolute atomic E-state index is 12.4. The summed E-state index contributed by atoms with van der Waals surface area (Å²) in [6, 6.07) is 12.6. The predicted molar refractivity (Wildman–Crippen MR) is 78.5 cm³/mol. The van der Waals surface area contributed by atoms with Crippen molar-refractivity contribution in [2.45, 2.75) is 11.8 Å². The zero-order valence-electron chi connectivity index (χ0n) is 10.1. The normalized spacial score (nSPS) is 17.7. The van der Waals surface area contributed by atoms with Crippen LogP contribution in [0, 0.1) is 6.92 Å². The van der Waals surface area contributed by atoms with E-state index < -0.39 is 11.0 Å². The zero-order valence-corrected chi connectivity index (χ0v) is 12.5. The molecule has 3 rings (SSSR count). The van der Waals surface area contributed by atoms with Gasteiger partial charge in [0.05, 0.1) is 16.1 Å². The molecule has 1 aliphatic heterocycles. The van der Waals surface area contributed by atoms with Crippen LogP contribution in [0.15, 0.2) is 51.8 Å². The first-order valence-electron chi connectivity index (χ1n) is 5.71. The minimum absolute atomic E-state index is 0.224. The van der Waals surface area contributed by atoms with Crippen LogP contribution in [0.3, 0.4) is 0 Å². The van der Waals surface area contributed by atoms with E-state index >= 15 is 0 Å². The largest absolute Gasteiger partial charge is 0.271 e.